The highest BCUT2D eigenvalue weighted by molar-refractivity contribution is 7.08. The molecule has 0 radical (unpaired) electrons. The zero-order chi connectivity index (χ0) is 11.2. The second kappa shape index (κ2) is 6.21. The quantitative estimate of drug-likeness (QED) is 0.833. The lowest BCUT2D eigenvalue weighted by Crippen LogP contribution is -2.19. The third-order valence-corrected chi connectivity index (χ3v) is 4.11. The molecular formula is C14H21NS. The van der Waals surface area contributed by atoms with Gasteiger partial charge in [0.05, 0.1) is 0 Å². The van der Waals surface area contributed by atoms with Crippen molar-refractivity contribution in [3.05, 3.63) is 28.0 Å². The Morgan fingerprint density at radius 2 is 2.25 bits per heavy atom. The van der Waals surface area contributed by atoms with Crippen molar-refractivity contribution in [2.45, 2.75) is 32.1 Å². The second-order valence-corrected chi connectivity index (χ2v) is 5.42. The molecule has 1 aromatic rings. The molecule has 88 valence electrons. The third-order valence-electron chi connectivity index (χ3n) is 3.41. The summed E-state index contributed by atoms with van der Waals surface area (Å²) in [5.41, 5.74) is 2.97. The molecule has 1 fully saturated rings. The normalized spacial score (nSPS) is 18.9. The van der Waals surface area contributed by atoms with E-state index in [1.165, 1.54) is 37.7 Å². The Morgan fingerprint density at radius 3 is 2.88 bits per heavy atom. The molecule has 2 heteroatoms. The smallest absolute Gasteiger partial charge is 0.0167 e. The minimum Gasteiger partial charge on any atom is -0.316 e. The van der Waals surface area contributed by atoms with Gasteiger partial charge in [-0.3, -0.25) is 0 Å². The molecular weight excluding hydrogens is 214 g/mol. The van der Waals surface area contributed by atoms with E-state index >= 15 is 0 Å². The minimum atomic E-state index is 0.820. The Kier molecular flexibility index (Phi) is 4.61. The lowest BCUT2D eigenvalue weighted by molar-refractivity contribution is 0.398. The summed E-state index contributed by atoms with van der Waals surface area (Å²) in [5.74, 6) is 0.820. The van der Waals surface area contributed by atoms with E-state index in [1.807, 2.05) is 7.05 Å². The van der Waals surface area contributed by atoms with Gasteiger partial charge in [0.25, 0.3) is 0 Å². The Bertz CT molecular complexity index is 321. The number of hydrogen-bond donors (Lipinski definition) is 1. The molecule has 16 heavy (non-hydrogen) atoms. The highest BCUT2D eigenvalue weighted by Crippen LogP contribution is 2.30. The van der Waals surface area contributed by atoms with E-state index in [-0.39, 0.29) is 0 Å². The van der Waals surface area contributed by atoms with Crippen LogP contribution in [0.5, 0.6) is 0 Å². The number of likely N-dealkylation sites (N-methyl/N-ethyl adjacent to an activating group) is 1. The molecule has 1 saturated carbocycles. The second-order valence-electron chi connectivity index (χ2n) is 4.64. The lowest BCUT2D eigenvalue weighted by atomic mass is 9.83. The summed E-state index contributed by atoms with van der Waals surface area (Å²) in [6.45, 7) is 1.04. The van der Waals surface area contributed by atoms with Gasteiger partial charge in [-0.25, -0.2) is 0 Å². The molecule has 0 amide bonds. The van der Waals surface area contributed by atoms with E-state index in [0.29, 0.717) is 0 Å². The molecule has 1 heterocycles. The van der Waals surface area contributed by atoms with Crippen molar-refractivity contribution in [2.24, 2.45) is 5.92 Å². The number of thiophene rings is 1. The molecule has 1 N–H and O–H groups in total. The topological polar surface area (TPSA) is 12.0 Å². The maximum absolute atomic E-state index is 3.31. The first kappa shape index (κ1) is 11.9. The fourth-order valence-corrected chi connectivity index (χ4v) is 3.18. The summed E-state index contributed by atoms with van der Waals surface area (Å²) in [4.78, 5) is 0. The molecule has 0 bridgehead atoms. The first-order valence-electron chi connectivity index (χ1n) is 6.27. The predicted octanol–water partition coefficient (Wildman–Crippen LogP) is 3.93. The number of nitrogens with one attached hydrogen (secondary N) is 1. The van der Waals surface area contributed by atoms with Crippen LogP contribution in [0.25, 0.3) is 6.08 Å². The predicted molar refractivity (Wildman–Crippen MR) is 72.8 cm³/mol. The summed E-state index contributed by atoms with van der Waals surface area (Å²) in [6.07, 6.45) is 9.42. The van der Waals surface area contributed by atoms with Gasteiger partial charge in [0.15, 0.2) is 0 Å². The van der Waals surface area contributed by atoms with Crippen molar-refractivity contribution in [3.8, 4) is 0 Å². The van der Waals surface area contributed by atoms with Crippen LogP contribution >= 0.6 is 11.3 Å². The molecule has 1 nitrogen and oxygen atoms in total. The van der Waals surface area contributed by atoms with Crippen LogP contribution in [-0.2, 0) is 0 Å². The molecule has 0 saturated heterocycles. The molecule has 2 rings (SSSR count). The van der Waals surface area contributed by atoms with E-state index in [2.05, 4.69) is 28.2 Å². The van der Waals surface area contributed by atoms with E-state index in [4.69, 9.17) is 0 Å². The first-order chi connectivity index (χ1) is 7.90. The molecule has 0 spiro atoms. The summed E-state index contributed by atoms with van der Waals surface area (Å²) in [6, 6.07) is 2.21. The number of rotatable bonds is 4. The van der Waals surface area contributed by atoms with Crippen molar-refractivity contribution >= 4 is 17.4 Å². The zero-order valence-corrected chi connectivity index (χ0v) is 10.9. The third kappa shape index (κ3) is 3.19. The van der Waals surface area contributed by atoms with Crippen LogP contribution in [-0.4, -0.2) is 13.6 Å². The SMILES string of the molecule is CNCC(=Cc1ccsc1)C1CCCCC1. The van der Waals surface area contributed by atoms with E-state index in [1.54, 1.807) is 16.9 Å². The highest BCUT2D eigenvalue weighted by atomic mass is 32.1. The zero-order valence-electron chi connectivity index (χ0n) is 10.0. The van der Waals surface area contributed by atoms with Crippen LogP contribution in [0.2, 0.25) is 0 Å². The van der Waals surface area contributed by atoms with E-state index in [0.717, 1.165) is 12.5 Å². The molecule has 1 aliphatic carbocycles. The van der Waals surface area contributed by atoms with Gasteiger partial charge >= 0.3 is 0 Å². The van der Waals surface area contributed by atoms with Crippen molar-refractivity contribution < 1.29 is 0 Å². The van der Waals surface area contributed by atoms with E-state index < -0.39 is 0 Å². The summed E-state index contributed by atoms with van der Waals surface area (Å²) < 4.78 is 0. The van der Waals surface area contributed by atoms with Gasteiger partial charge in [0, 0.05) is 6.54 Å². The average Bonchev–Trinajstić information content (AvgIpc) is 2.83. The van der Waals surface area contributed by atoms with Gasteiger partial charge in [0.1, 0.15) is 0 Å². The van der Waals surface area contributed by atoms with Crippen molar-refractivity contribution in [1.82, 2.24) is 5.32 Å². The maximum atomic E-state index is 3.31. The standard InChI is InChI=1S/C14H21NS/c1-15-10-14(9-12-7-8-16-11-12)13-5-3-2-4-6-13/h7-9,11,13,15H,2-6,10H2,1H3. The molecule has 1 aromatic heterocycles. The summed E-state index contributed by atoms with van der Waals surface area (Å²) in [5, 5.41) is 7.70. The summed E-state index contributed by atoms with van der Waals surface area (Å²) in [7, 11) is 2.05. The molecule has 0 unspecified atom stereocenters. The van der Waals surface area contributed by atoms with Gasteiger partial charge in [-0.15, -0.1) is 0 Å². The van der Waals surface area contributed by atoms with Crippen LogP contribution in [0.3, 0.4) is 0 Å². The molecule has 0 aromatic carbocycles. The number of hydrogen-bond acceptors (Lipinski definition) is 2. The van der Waals surface area contributed by atoms with Crippen molar-refractivity contribution in [3.63, 3.8) is 0 Å². The highest BCUT2D eigenvalue weighted by Gasteiger charge is 2.17. The molecule has 1 aliphatic rings. The van der Waals surface area contributed by atoms with Gasteiger partial charge < -0.3 is 5.32 Å². The van der Waals surface area contributed by atoms with Crippen LogP contribution in [0.15, 0.2) is 22.4 Å². The van der Waals surface area contributed by atoms with Gasteiger partial charge in [-0.1, -0.05) is 30.9 Å². The maximum Gasteiger partial charge on any atom is 0.0167 e. The van der Waals surface area contributed by atoms with Crippen LogP contribution in [0.4, 0.5) is 0 Å². The fourth-order valence-electron chi connectivity index (χ4n) is 2.56. The lowest BCUT2D eigenvalue weighted by Gasteiger charge is -2.24. The van der Waals surface area contributed by atoms with Gasteiger partial charge in [-0.05, 0) is 48.2 Å². The van der Waals surface area contributed by atoms with Crippen LogP contribution in [0.1, 0.15) is 37.7 Å². The first-order valence-corrected chi connectivity index (χ1v) is 7.21. The van der Waals surface area contributed by atoms with Gasteiger partial charge in [-0.2, -0.15) is 11.3 Å². The van der Waals surface area contributed by atoms with Crippen molar-refractivity contribution in [2.75, 3.05) is 13.6 Å². The Morgan fingerprint density at radius 1 is 1.44 bits per heavy atom. The average molecular weight is 235 g/mol. The Balaban J connectivity index is 2.09. The van der Waals surface area contributed by atoms with Crippen LogP contribution < -0.4 is 5.32 Å². The minimum absolute atomic E-state index is 0.820. The van der Waals surface area contributed by atoms with E-state index in [9.17, 15) is 0 Å². The fraction of sp³-hybridized carbons (Fsp3) is 0.571. The summed E-state index contributed by atoms with van der Waals surface area (Å²) >= 11 is 1.78. The molecule has 0 aliphatic heterocycles. The Hall–Kier alpha value is -0.600. The Labute approximate surface area is 103 Å². The monoisotopic (exact) mass is 235 g/mol. The molecule has 0 atom stereocenters. The van der Waals surface area contributed by atoms with Gasteiger partial charge in [0.2, 0.25) is 0 Å². The largest absolute Gasteiger partial charge is 0.316 e. The van der Waals surface area contributed by atoms with Crippen LogP contribution in [0, 0.1) is 5.92 Å². The van der Waals surface area contributed by atoms with Crippen molar-refractivity contribution in [1.29, 1.82) is 0 Å².